The lowest BCUT2D eigenvalue weighted by Gasteiger charge is -2.35. The quantitative estimate of drug-likeness (QED) is 0.772. The molecule has 1 atom stereocenters. The van der Waals surface area contributed by atoms with Gasteiger partial charge < -0.3 is 19.9 Å². The van der Waals surface area contributed by atoms with Crippen LogP contribution in [-0.4, -0.2) is 77.7 Å². The Bertz CT molecular complexity index is 739. The van der Waals surface area contributed by atoms with E-state index in [4.69, 9.17) is 4.74 Å². The molecule has 1 aromatic rings. The van der Waals surface area contributed by atoms with Crippen molar-refractivity contribution < 1.29 is 14.3 Å². The second kappa shape index (κ2) is 10.3. The van der Waals surface area contributed by atoms with Crippen molar-refractivity contribution in [3.63, 3.8) is 0 Å². The summed E-state index contributed by atoms with van der Waals surface area (Å²) in [5.41, 5.74) is 0.371. The van der Waals surface area contributed by atoms with Crippen LogP contribution in [0.3, 0.4) is 0 Å². The molecule has 172 valence electrons. The number of amides is 2. The van der Waals surface area contributed by atoms with Crippen LogP contribution in [0.25, 0.3) is 0 Å². The van der Waals surface area contributed by atoms with Gasteiger partial charge in [0.05, 0.1) is 0 Å². The van der Waals surface area contributed by atoms with Gasteiger partial charge >= 0.3 is 6.09 Å². The van der Waals surface area contributed by atoms with Crippen LogP contribution in [0.15, 0.2) is 18.3 Å². The molecule has 8 nitrogen and oxygen atoms in total. The first-order chi connectivity index (χ1) is 14.8. The van der Waals surface area contributed by atoms with Crippen LogP contribution >= 0.6 is 0 Å². The number of ether oxygens (including phenoxy) is 1. The summed E-state index contributed by atoms with van der Waals surface area (Å²) in [6, 6.07) is 3.56. The minimum atomic E-state index is -0.577. The highest BCUT2D eigenvalue weighted by Gasteiger charge is 2.34. The molecule has 0 bridgehead atoms. The molecule has 3 heterocycles. The fourth-order valence-electron chi connectivity index (χ4n) is 4.05. The number of pyridine rings is 1. The molecule has 0 radical (unpaired) electrons. The standard InChI is InChI=1S/C23H37N5O3/c1-5-26-12-14-27(15-13-26)20-10-9-18(16-24-20)17-25-21(29)19-8-6-7-11-28(19)22(30)31-23(2,3)4/h9-10,16,19H,5-8,11-15,17H2,1-4H3,(H,25,29). The molecule has 31 heavy (non-hydrogen) atoms. The van der Waals surface area contributed by atoms with Gasteiger partial charge in [-0.25, -0.2) is 9.78 Å². The molecule has 2 fully saturated rings. The predicted molar refractivity (Wildman–Crippen MR) is 121 cm³/mol. The smallest absolute Gasteiger partial charge is 0.410 e. The lowest BCUT2D eigenvalue weighted by molar-refractivity contribution is -0.127. The number of aromatic nitrogens is 1. The van der Waals surface area contributed by atoms with Gasteiger partial charge in [-0.15, -0.1) is 0 Å². The Morgan fingerprint density at radius 1 is 1.13 bits per heavy atom. The van der Waals surface area contributed by atoms with Gasteiger partial charge in [-0.05, 0) is 58.2 Å². The number of hydrogen-bond acceptors (Lipinski definition) is 6. The van der Waals surface area contributed by atoms with Crippen LogP contribution in [0.4, 0.5) is 10.6 Å². The van der Waals surface area contributed by atoms with E-state index in [1.54, 1.807) is 4.90 Å². The number of carbonyl (C=O) groups excluding carboxylic acids is 2. The van der Waals surface area contributed by atoms with Crippen molar-refractivity contribution in [2.75, 3.05) is 44.2 Å². The molecular weight excluding hydrogens is 394 g/mol. The third-order valence-corrected chi connectivity index (χ3v) is 5.85. The number of piperidine rings is 1. The highest BCUT2D eigenvalue weighted by atomic mass is 16.6. The number of anilines is 1. The molecule has 2 aliphatic heterocycles. The van der Waals surface area contributed by atoms with Crippen molar-refractivity contribution in [3.8, 4) is 0 Å². The third-order valence-electron chi connectivity index (χ3n) is 5.85. The average molecular weight is 432 g/mol. The average Bonchev–Trinajstić information content (AvgIpc) is 2.77. The Hall–Kier alpha value is -2.35. The molecule has 3 rings (SSSR count). The highest BCUT2D eigenvalue weighted by molar-refractivity contribution is 5.85. The van der Waals surface area contributed by atoms with Crippen molar-refractivity contribution in [1.82, 2.24) is 20.1 Å². The fraction of sp³-hybridized carbons (Fsp3) is 0.696. The normalized spacial score (nSPS) is 20.5. The molecule has 1 unspecified atom stereocenters. The Labute approximate surface area is 185 Å². The van der Waals surface area contributed by atoms with Gasteiger partial charge in [-0.2, -0.15) is 0 Å². The minimum Gasteiger partial charge on any atom is -0.444 e. The van der Waals surface area contributed by atoms with E-state index in [0.29, 0.717) is 19.5 Å². The predicted octanol–water partition coefficient (Wildman–Crippen LogP) is 2.63. The largest absolute Gasteiger partial charge is 0.444 e. The van der Waals surface area contributed by atoms with Crippen LogP contribution in [0.2, 0.25) is 0 Å². The zero-order chi connectivity index (χ0) is 22.4. The second-order valence-corrected chi connectivity index (χ2v) is 9.35. The first kappa shape index (κ1) is 23.3. The molecule has 2 aliphatic rings. The van der Waals surface area contributed by atoms with Crippen LogP contribution in [0, 0.1) is 0 Å². The molecule has 0 aromatic carbocycles. The van der Waals surface area contributed by atoms with Crippen LogP contribution in [-0.2, 0) is 16.1 Å². The summed E-state index contributed by atoms with van der Waals surface area (Å²) >= 11 is 0. The number of likely N-dealkylation sites (tertiary alicyclic amines) is 1. The summed E-state index contributed by atoms with van der Waals surface area (Å²) in [5, 5.41) is 2.98. The van der Waals surface area contributed by atoms with Crippen LogP contribution in [0.1, 0.15) is 52.5 Å². The summed E-state index contributed by atoms with van der Waals surface area (Å²) in [7, 11) is 0. The van der Waals surface area contributed by atoms with Crippen LogP contribution < -0.4 is 10.2 Å². The SMILES string of the molecule is CCN1CCN(c2ccc(CNC(=O)C3CCCCN3C(=O)OC(C)(C)C)cn2)CC1. The zero-order valence-electron chi connectivity index (χ0n) is 19.4. The van der Waals surface area contributed by atoms with Gasteiger partial charge in [0.1, 0.15) is 17.5 Å². The van der Waals surface area contributed by atoms with Crippen molar-refractivity contribution in [2.45, 2.75) is 65.1 Å². The Kier molecular flexibility index (Phi) is 7.75. The Morgan fingerprint density at radius 3 is 2.48 bits per heavy atom. The lowest BCUT2D eigenvalue weighted by Crippen LogP contribution is -2.53. The Morgan fingerprint density at radius 2 is 1.87 bits per heavy atom. The van der Waals surface area contributed by atoms with Crippen molar-refractivity contribution in [1.29, 1.82) is 0 Å². The van der Waals surface area contributed by atoms with Gasteiger partial charge in [0, 0.05) is 45.5 Å². The van der Waals surface area contributed by atoms with Gasteiger partial charge in [0.25, 0.3) is 0 Å². The number of nitrogens with zero attached hydrogens (tertiary/aromatic N) is 4. The van der Waals surface area contributed by atoms with Crippen molar-refractivity contribution in [3.05, 3.63) is 23.9 Å². The molecule has 8 heteroatoms. The monoisotopic (exact) mass is 431 g/mol. The Balaban J connectivity index is 1.52. The van der Waals surface area contributed by atoms with Gasteiger partial charge in [0.15, 0.2) is 0 Å². The second-order valence-electron chi connectivity index (χ2n) is 9.35. The number of likely N-dealkylation sites (N-methyl/N-ethyl adjacent to an activating group) is 1. The van der Waals surface area contributed by atoms with E-state index in [9.17, 15) is 9.59 Å². The van der Waals surface area contributed by atoms with E-state index in [1.165, 1.54) is 0 Å². The zero-order valence-corrected chi connectivity index (χ0v) is 19.4. The number of carbonyl (C=O) groups is 2. The number of piperazine rings is 1. The van der Waals surface area contributed by atoms with Crippen LogP contribution in [0.5, 0.6) is 0 Å². The molecule has 2 saturated heterocycles. The van der Waals surface area contributed by atoms with E-state index in [0.717, 1.165) is 56.9 Å². The summed E-state index contributed by atoms with van der Waals surface area (Å²) in [4.78, 5) is 36.3. The lowest BCUT2D eigenvalue weighted by atomic mass is 10.0. The molecule has 0 aliphatic carbocycles. The van der Waals surface area contributed by atoms with Crippen molar-refractivity contribution in [2.24, 2.45) is 0 Å². The van der Waals surface area contributed by atoms with Gasteiger partial charge in [-0.1, -0.05) is 13.0 Å². The summed E-state index contributed by atoms with van der Waals surface area (Å²) in [6.45, 7) is 13.8. The minimum absolute atomic E-state index is 0.134. The van der Waals surface area contributed by atoms with Gasteiger partial charge in [0.2, 0.25) is 5.91 Å². The number of nitrogens with one attached hydrogen (secondary N) is 1. The maximum Gasteiger partial charge on any atom is 0.410 e. The van der Waals surface area contributed by atoms with Gasteiger partial charge in [-0.3, -0.25) is 9.69 Å². The van der Waals surface area contributed by atoms with E-state index in [2.05, 4.69) is 27.0 Å². The summed E-state index contributed by atoms with van der Waals surface area (Å²) in [6.07, 6.45) is 3.89. The fourth-order valence-corrected chi connectivity index (χ4v) is 4.05. The van der Waals surface area contributed by atoms with E-state index in [1.807, 2.05) is 39.1 Å². The topological polar surface area (TPSA) is 78.0 Å². The summed E-state index contributed by atoms with van der Waals surface area (Å²) in [5.74, 6) is 0.847. The maximum absolute atomic E-state index is 12.8. The molecule has 2 amide bonds. The van der Waals surface area contributed by atoms with E-state index >= 15 is 0 Å². The molecule has 0 saturated carbocycles. The molecule has 1 aromatic heterocycles. The van der Waals surface area contributed by atoms with E-state index in [-0.39, 0.29) is 5.91 Å². The van der Waals surface area contributed by atoms with Crippen molar-refractivity contribution >= 4 is 17.8 Å². The van der Waals surface area contributed by atoms with E-state index < -0.39 is 17.7 Å². The number of hydrogen-bond donors (Lipinski definition) is 1. The maximum atomic E-state index is 12.8. The number of rotatable bonds is 5. The highest BCUT2D eigenvalue weighted by Crippen LogP contribution is 2.21. The first-order valence-electron chi connectivity index (χ1n) is 11.5. The third kappa shape index (κ3) is 6.56. The molecule has 1 N–H and O–H groups in total. The first-order valence-corrected chi connectivity index (χ1v) is 11.5. The molecular formula is C23H37N5O3. The molecule has 0 spiro atoms. The summed E-state index contributed by atoms with van der Waals surface area (Å²) < 4.78 is 5.49.